The highest BCUT2D eigenvalue weighted by Gasteiger charge is 2.21. The highest BCUT2D eigenvalue weighted by molar-refractivity contribution is 5.76. The molecule has 0 spiro atoms. The number of aryl methyl sites for hydroxylation is 1. The van der Waals surface area contributed by atoms with E-state index in [0.29, 0.717) is 12.5 Å². The summed E-state index contributed by atoms with van der Waals surface area (Å²) >= 11 is 0. The third-order valence-electron chi connectivity index (χ3n) is 3.15. The quantitative estimate of drug-likeness (QED) is 0.850. The maximum absolute atomic E-state index is 11.3. The minimum atomic E-state index is 0.250. The van der Waals surface area contributed by atoms with Gasteiger partial charge >= 0.3 is 0 Å². The Hall–Kier alpha value is -1.42. The predicted octanol–water partition coefficient (Wildman–Crippen LogP) is 1.10. The van der Waals surface area contributed by atoms with E-state index in [9.17, 15) is 4.79 Å². The molecule has 0 radical (unpaired) electrons. The van der Waals surface area contributed by atoms with Gasteiger partial charge in [0.15, 0.2) is 0 Å². The molecule has 0 aromatic carbocycles. The first-order chi connectivity index (χ1) is 8.15. The Morgan fingerprint density at radius 2 is 2.35 bits per heavy atom. The Bertz CT molecular complexity index is 405. The second-order valence-electron chi connectivity index (χ2n) is 4.76. The van der Waals surface area contributed by atoms with E-state index in [4.69, 9.17) is 0 Å². The van der Waals surface area contributed by atoms with Crippen molar-refractivity contribution in [1.82, 2.24) is 15.2 Å². The van der Waals surface area contributed by atoms with Gasteiger partial charge in [0.25, 0.3) is 0 Å². The zero-order chi connectivity index (χ0) is 12.3. The van der Waals surface area contributed by atoms with Crippen molar-refractivity contribution in [3.8, 4) is 0 Å². The number of rotatable bonds is 3. The van der Waals surface area contributed by atoms with Crippen molar-refractivity contribution in [2.45, 2.75) is 32.4 Å². The molecule has 1 aliphatic rings. The number of nitrogens with zero attached hydrogens (tertiary/aromatic N) is 2. The Morgan fingerprint density at radius 1 is 1.53 bits per heavy atom. The number of likely N-dealkylation sites (tertiary alicyclic amines) is 1. The molecule has 0 saturated carbocycles. The summed E-state index contributed by atoms with van der Waals surface area (Å²) in [5.74, 6) is 0.250. The van der Waals surface area contributed by atoms with E-state index in [-0.39, 0.29) is 5.91 Å². The minimum absolute atomic E-state index is 0.250. The molecule has 4 nitrogen and oxygen atoms in total. The van der Waals surface area contributed by atoms with Crippen molar-refractivity contribution in [3.63, 3.8) is 0 Å². The van der Waals surface area contributed by atoms with Crippen LogP contribution in [0.25, 0.3) is 0 Å². The van der Waals surface area contributed by atoms with Gasteiger partial charge in [-0.15, -0.1) is 0 Å². The van der Waals surface area contributed by atoms with Crippen LogP contribution in [0.15, 0.2) is 18.5 Å². The largest absolute Gasteiger partial charge is 0.344 e. The summed E-state index contributed by atoms with van der Waals surface area (Å²) < 4.78 is 0. The van der Waals surface area contributed by atoms with Crippen LogP contribution in [-0.4, -0.2) is 35.4 Å². The summed E-state index contributed by atoms with van der Waals surface area (Å²) in [5.41, 5.74) is 2.38. The first-order valence-corrected chi connectivity index (χ1v) is 6.03. The van der Waals surface area contributed by atoms with Crippen molar-refractivity contribution in [2.75, 3.05) is 13.6 Å². The lowest BCUT2D eigenvalue weighted by atomic mass is 10.1. The van der Waals surface area contributed by atoms with E-state index < -0.39 is 0 Å². The summed E-state index contributed by atoms with van der Waals surface area (Å²) in [5, 5.41) is 3.48. The molecule has 2 rings (SSSR count). The summed E-state index contributed by atoms with van der Waals surface area (Å²) in [6.07, 6.45) is 5.33. The fraction of sp³-hybridized carbons (Fsp3) is 0.538. The molecule has 0 bridgehead atoms. The van der Waals surface area contributed by atoms with Crippen molar-refractivity contribution >= 4 is 5.91 Å². The summed E-state index contributed by atoms with van der Waals surface area (Å²) in [4.78, 5) is 17.3. The van der Waals surface area contributed by atoms with Gasteiger partial charge < -0.3 is 10.2 Å². The lowest BCUT2D eigenvalue weighted by molar-refractivity contribution is -0.132. The Balaban J connectivity index is 1.84. The van der Waals surface area contributed by atoms with E-state index in [1.54, 1.807) is 4.90 Å². The maximum atomic E-state index is 11.3. The maximum Gasteiger partial charge on any atom is 0.222 e. The van der Waals surface area contributed by atoms with Gasteiger partial charge in [0.1, 0.15) is 0 Å². The van der Waals surface area contributed by atoms with Gasteiger partial charge in [-0.3, -0.25) is 9.78 Å². The summed E-state index contributed by atoms with van der Waals surface area (Å²) in [6, 6.07) is 2.54. The zero-order valence-electron chi connectivity index (χ0n) is 10.4. The van der Waals surface area contributed by atoms with Crippen LogP contribution in [-0.2, 0) is 11.3 Å². The topological polar surface area (TPSA) is 45.2 Å². The van der Waals surface area contributed by atoms with Crippen LogP contribution in [0.1, 0.15) is 24.0 Å². The van der Waals surface area contributed by atoms with Gasteiger partial charge in [0.05, 0.1) is 0 Å². The van der Waals surface area contributed by atoms with Crippen LogP contribution >= 0.6 is 0 Å². The van der Waals surface area contributed by atoms with Gasteiger partial charge in [0, 0.05) is 45.0 Å². The number of likely N-dealkylation sites (N-methyl/N-ethyl adjacent to an activating group) is 1. The monoisotopic (exact) mass is 233 g/mol. The molecular weight excluding hydrogens is 214 g/mol. The number of carbonyl (C=O) groups is 1. The number of aromatic nitrogens is 1. The molecule has 1 saturated heterocycles. The SMILES string of the molecule is Cc1cncc(CNC2CCC(=O)N(C)C2)c1. The van der Waals surface area contributed by atoms with Crippen molar-refractivity contribution in [2.24, 2.45) is 0 Å². The Labute approximate surface area is 102 Å². The standard InChI is InChI=1S/C13H19N3O/c1-10-5-11(7-14-6-10)8-15-12-3-4-13(17)16(2)9-12/h5-7,12,15H,3-4,8-9H2,1-2H3. The summed E-state index contributed by atoms with van der Waals surface area (Å²) in [6.45, 7) is 3.67. The lowest BCUT2D eigenvalue weighted by Crippen LogP contribution is -2.46. The first kappa shape index (κ1) is 12.0. The average molecular weight is 233 g/mol. The minimum Gasteiger partial charge on any atom is -0.344 e. The third kappa shape index (κ3) is 3.27. The number of hydrogen-bond donors (Lipinski definition) is 1. The molecule has 1 unspecified atom stereocenters. The van der Waals surface area contributed by atoms with Crippen molar-refractivity contribution in [1.29, 1.82) is 0 Å². The number of piperidine rings is 1. The van der Waals surface area contributed by atoms with Crippen molar-refractivity contribution in [3.05, 3.63) is 29.6 Å². The average Bonchev–Trinajstić information content (AvgIpc) is 2.31. The smallest absolute Gasteiger partial charge is 0.222 e. The van der Waals surface area contributed by atoms with Crippen LogP contribution in [0.2, 0.25) is 0 Å². The molecule has 4 heteroatoms. The van der Waals surface area contributed by atoms with E-state index in [0.717, 1.165) is 19.5 Å². The Morgan fingerprint density at radius 3 is 3.06 bits per heavy atom. The lowest BCUT2D eigenvalue weighted by Gasteiger charge is -2.30. The van der Waals surface area contributed by atoms with Gasteiger partial charge in [-0.1, -0.05) is 6.07 Å². The van der Waals surface area contributed by atoms with Crippen LogP contribution in [0.5, 0.6) is 0 Å². The van der Waals surface area contributed by atoms with Crippen LogP contribution in [0.4, 0.5) is 0 Å². The first-order valence-electron chi connectivity index (χ1n) is 6.03. The van der Waals surface area contributed by atoms with E-state index >= 15 is 0 Å². The number of carbonyl (C=O) groups excluding carboxylic acids is 1. The second-order valence-corrected chi connectivity index (χ2v) is 4.76. The normalized spacial score (nSPS) is 20.7. The number of amides is 1. The Kier molecular flexibility index (Phi) is 3.74. The molecule has 17 heavy (non-hydrogen) atoms. The molecule has 0 aliphatic carbocycles. The fourth-order valence-electron chi connectivity index (χ4n) is 2.16. The summed E-state index contributed by atoms with van der Waals surface area (Å²) in [7, 11) is 1.87. The molecule has 1 aromatic rings. The number of nitrogens with one attached hydrogen (secondary N) is 1. The predicted molar refractivity (Wildman–Crippen MR) is 66.5 cm³/mol. The molecule has 2 heterocycles. The fourth-order valence-corrected chi connectivity index (χ4v) is 2.16. The highest BCUT2D eigenvalue weighted by atomic mass is 16.2. The molecular formula is C13H19N3O. The molecule has 1 amide bonds. The second kappa shape index (κ2) is 5.27. The molecule has 1 atom stereocenters. The number of pyridine rings is 1. The molecule has 1 N–H and O–H groups in total. The molecule has 1 aliphatic heterocycles. The highest BCUT2D eigenvalue weighted by Crippen LogP contribution is 2.10. The van der Waals surface area contributed by atoms with Crippen LogP contribution < -0.4 is 5.32 Å². The number of hydrogen-bond acceptors (Lipinski definition) is 3. The molecule has 1 aromatic heterocycles. The van der Waals surface area contributed by atoms with Crippen molar-refractivity contribution < 1.29 is 4.79 Å². The van der Waals surface area contributed by atoms with Gasteiger partial charge in [0.2, 0.25) is 5.91 Å². The van der Waals surface area contributed by atoms with E-state index in [1.807, 2.05) is 26.4 Å². The molecule has 92 valence electrons. The zero-order valence-corrected chi connectivity index (χ0v) is 10.4. The van der Waals surface area contributed by atoms with Crippen LogP contribution in [0.3, 0.4) is 0 Å². The van der Waals surface area contributed by atoms with E-state index in [2.05, 4.69) is 16.4 Å². The van der Waals surface area contributed by atoms with Crippen LogP contribution in [0, 0.1) is 6.92 Å². The van der Waals surface area contributed by atoms with E-state index in [1.165, 1.54) is 11.1 Å². The van der Waals surface area contributed by atoms with Gasteiger partial charge in [-0.05, 0) is 24.5 Å². The molecule has 1 fully saturated rings. The van der Waals surface area contributed by atoms with Gasteiger partial charge in [-0.25, -0.2) is 0 Å². The third-order valence-corrected chi connectivity index (χ3v) is 3.15. The van der Waals surface area contributed by atoms with Gasteiger partial charge in [-0.2, -0.15) is 0 Å².